The standard InChI is InChI=1S/6C4H9.H2O.2Ti/c6*1-3-4-2;;;/h6*1,3-4H2,2H3;1H2;;/q6*-1;;2*+3. The molecule has 166 valence electrons. The Bertz CT molecular complexity index is 59.4. The van der Waals surface area contributed by atoms with Gasteiger partial charge in [0.1, 0.15) is 0 Å². The molecule has 1 nitrogen and oxygen atoms in total. The summed E-state index contributed by atoms with van der Waals surface area (Å²) in [6, 6.07) is 0. The maximum Gasteiger partial charge on any atom is 3.00 e. The molecule has 0 fully saturated rings. The summed E-state index contributed by atoms with van der Waals surface area (Å²) >= 11 is 0. The molecule has 2 radical (unpaired) electrons. The molecule has 0 bridgehead atoms. The Morgan fingerprint density at radius 2 is 0.370 bits per heavy atom. The minimum absolute atomic E-state index is 0. The van der Waals surface area contributed by atoms with E-state index in [1.165, 1.54) is 38.5 Å². The molecule has 0 aliphatic rings. The van der Waals surface area contributed by atoms with E-state index in [4.69, 9.17) is 0 Å². The molecule has 0 aliphatic heterocycles. The van der Waals surface area contributed by atoms with Crippen LogP contribution in [-0.4, -0.2) is 5.48 Å². The first-order valence-corrected chi connectivity index (χ1v) is 10.2. The van der Waals surface area contributed by atoms with Crippen molar-refractivity contribution in [3.8, 4) is 0 Å². The first-order valence-electron chi connectivity index (χ1n) is 10.2. The fourth-order valence-corrected chi connectivity index (χ4v) is 0. The number of unbranched alkanes of at least 4 members (excludes halogenated alkanes) is 6. The van der Waals surface area contributed by atoms with Crippen molar-refractivity contribution in [1.82, 2.24) is 0 Å². The minimum Gasteiger partial charge on any atom is -0.412 e. The third-order valence-electron chi connectivity index (χ3n) is 2.12. The van der Waals surface area contributed by atoms with Crippen molar-refractivity contribution in [3.05, 3.63) is 41.5 Å². The quantitative estimate of drug-likeness (QED) is 0.282. The van der Waals surface area contributed by atoms with Crippen LogP contribution in [0, 0.1) is 41.5 Å². The van der Waals surface area contributed by atoms with Gasteiger partial charge in [0.15, 0.2) is 0 Å². The van der Waals surface area contributed by atoms with Gasteiger partial charge in [0.05, 0.1) is 0 Å². The number of hydrogen-bond acceptors (Lipinski definition) is 0. The number of hydrogen-bond donors (Lipinski definition) is 0. The van der Waals surface area contributed by atoms with Gasteiger partial charge in [-0.05, 0) is 0 Å². The molecule has 0 aromatic heterocycles. The van der Waals surface area contributed by atoms with Crippen LogP contribution in [0.2, 0.25) is 0 Å². The molecule has 2 N–H and O–H groups in total. The van der Waals surface area contributed by atoms with Gasteiger partial charge in [-0.25, -0.2) is 0 Å². The molecule has 0 rings (SSSR count). The van der Waals surface area contributed by atoms with Crippen LogP contribution < -0.4 is 0 Å². The molecule has 0 amide bonds. The molecule has 0 saturated carbocycles. The van der Waals surface area contributed by atoms with Gasteiger partial charge >= 0.3 is 43.4 Å². The summed E-state index contributed by atoms with van der Waals surface area (Å²) in [6.07, 6.45) is 13.7. The molecule has 0 aliphatic carbocycles. The zero-order valence-corrected chi connectivity index (χ0v) is 23.4. The molecule has 0 saturated heterocycles. The van der Waals surface area contributed by atoms with Gasteiger partial charge in [0.25, 0.3) is 0 Å². The van der Waals surface area contributed by atoms with Gasteiger partial charge in [0, 0.05) is 0 Å². The second-order valence-electron chi connectivity index (χ2n) is 5.12. The third kappa shape index (κ3) is 323. The summed E-state index contributed by atoms with van der Waals surface area (Å²) in [7, 11) is 0. The zero-order chi connectivity index (χ0) is 20.5. The van der Waals surface area contributed by atoms with Gasteiger partial charge < -0.3 is 47.0 Å². The average molecular weight is 456 g/mol. The van der Waals surface area contributed by atoms with E-state index in [1.54, 1.807) is 0 Å². The van der Waals surface area contributed by atoms with Gasteiger partial charge in [-0.15, -0.1) is 0 Å². The summed E-state index contributed by atoms with van der Waals surface area (Å²) in [5.74, 6) is 0. The first kappa shape index (κ1) is 56.6. The molecule has 0 unspecified atom stereocenters. The molecule has 0 atom stereocenters. The maximum absolute atomic E-state index is 3.60. The summed E-state index contributed by atoms with van der Waals surface area (Å²) in [4.78, 5) is 0. The Morgan fingerprint density at radius 3 is 0.370 bits per heavy atom. The van der Waals surface area contributed by atoms with Crippen molar-refractivity contribution in [2.24, 2.45) is 0 Å². The smallest absolute Gasteiger partial charge is 0.412 e. The Morgan fingerprint density at radius 1 is 0.333 bits per heavy atom. The van der Waals surface area contributed by atoms with Gasteiger partial charge in [-0.2, -0.15) is 38.5 Å². The van der Waals surface area contributed by atoms with Crippen molar-refractivity contribution >= 4 is 0 Å². The van der Waals surface area contributed by atoms with Crippen LogP contribution >= 0.6 is 0 Å². The van der Waals surface area contributed by atoms with Gasteiger partial charge in [-0.3, -0.25) is 0 Å². The molecule has 0 heterocycles. The summed E-state index contributed by atoms with van der Waals surface area (Å²) in [5.41, 5.74) is 0. The number of rotatable bonds is 6. The first-order chi connectivity index (χ1) is 11.5. The predicted octanol–water partition coefficient (Wildman–Crippen LogP) is 8.89. The molecule has 27 heavy (non-hydrogen) atoms. The second kappa shape index (κ2) is 106. The van der Waals surface area contributed by atoms with Crippen LogP contribution in [-0.2, 0) is 43.4 Å². The second-order valence-corrected chi connectivity index (χ2v) is 5.12. The van der Waals surface area contributed by atoms with E-state index in [9.17, 15) is 0 Å². The van der Waals surface area contributed by atoms with Crippen LogP contribution in [0.25, 0.3) is 0 Å². The monoisotopic (exact) mass is 456 g/mol. The largest absolute Gasteiger partial charge is 3.00 e. The Labute approximate surface area is 208 Å². The average Bonchev–Trinajstić information content (AvgIpc) is 2.68. The van der Waals surface area contributed by atoms with Crippen molar-refractivity contribution in [3.63, 3.8) is 0 Å². The van der Waals surface area contributed by atoms with Crippen molar-refractivity contribution < 1.29 is 48.9 Å². The van der Waals surface area contributed by atoms with E-state index in [0.717, 1.165) is 38.5 Å². The molecule has 3 heteroatoms. The van der Waals surface area contributed by atoms with Crippen LogP contribution in [0.3, 0.4) is 0 Å². The third-order valence-corrected chi connectivity index (χ3v) is 2.12. The normalized spacial score (nSPS) is 6.67. The fourth-order valence-electron chi connectivity index (χ4n) is 0. The predicted molar refractivity (Wildman–Crippen MR) is 125 cm³/mol. The van der Waals surface area contributed by atoms with E-state index in [1.807, 2.05) is 0 Å². The van der Waals surface area contributed by atoms with Crippen molar-refractivity contribution in [2.75, 3.05) is 0 Å². The molecular formula is C24H56OTi2. The summed E-state index contributed by atoms with van der Waals surface area (Å²) in [5, 5.41) is 0. The van der Waals surface area contributed by atoms with E-state index in [2.05, 4.69) is 83.1 Å². The van der Waals surface area contributed by atoms with E-state index < -0.39 is 0 Å². The maximum atomic E-state index is 3.60. The van der Waals surface area contributed by atoms with Crippen LogP contribution in [0.5, 0.6) is 0 Å². The molecule has 0 aromatic rings. The Balaban J connectivity index is -0.0000000201. The van der Waals surface area contributed by atoms with E-state index in [0.29, 0.717) is 0 Å². The Kier molecular flexibility index (Phi) is 223. The summed E-state index contributed by atoms with van der Waals surface area (Å²) in [6.45, 7) is 34.3. The van der Waals surface area contributed by atoms with Crippen LogP contribution in [0.15, 0.2) is 0 Å². The zero-order valence-electron chi connectivity index (χ0n) is 20.2. The molecule has 0 aromatic carbocycles. The fraction of sp³-hybridized carbons (Fsp3) is 0.750. The minimum atomic E-state index is 0. The van der Waals surface area contributed by atoms with Gasteiger partial charge in [0.2, 0.25) is 0 Å². The molecule has 0 spiro atoms. The molecular weight excluding hydrogens is 400 g/mol. The topological polar surface area (TPSA) is 31.5 Å². The SMILES string of the molecule is O.[CH2-]CCC.[CH2-]CCC.[CH2-]CCC.[CH2-]CCC.[CH2-]CCC.[CH2-]CCC.[Ti+3].[Ti+3]. The van der Waals surface area contributed by atoms with Crippen molar-refractivity contribution in [1.29, 1.82) is 0 Å². The van der Waals surface area contributed by atoms with Gasteiger partial charge in [-0.1, -0.05) is 80.1 Å². The van der Waals surface area contributed by atoms with Crippen molar-refractivity contribution in [2.45, 2.75) is 119 Å². The van der Waals surface area contributed by atoms with Crippen LogP contribution in [0.4, 0.5) is 0 Å². The summed E-state index contributed by atoms with van der Waals surface area (Å²) < 4.78 is 0. The van der Waals surface area contributed by atoms with E-state index in [-0.39, 0.29) is 48.9 Å². The van der Waals surface area contributed by atoms with E-state index >= 15 is 0 Å². The van der Waals surface area contributed by atoms with Crippen LogP contribution in [0.1, 0.15) is 119 Å². The Hall–Kier alpha value is 1.39.